The van der Waals surface area contributed by atoms with Gasteiger partial charge in [-0.2, -0.15) is 8.42 Å². The molecule has 5 nitrogen and oxygen atoms in total. The van der Waals surface area contributed by atoms with Crippen LogP contribution in [0.3, 0.4) is 0 Å². The van der Waals surface area contributed by atoms with Crippen molar-refractivity contribution in [1.82, 2.24) is 0 Å². The van der Waals surface area contributed by atoms with Crippen molar-refractivity contribution in [3.05, 3.63) is 29.8 Å². The minimum atomic E-state index is -4.87. The summed E-state index contributed by atoms with van der Waals surface area (Å²) >= 11 is 0. The summed E-state index contributed by atoms with van der Waals surface area (Å²) in [6.45, 7) is 1.74. The van der Waals surface area contributed by atoms with E-state index in [1.807, 2.05) is 0 Å². The van der Waals surface area contributed by atoms with Crippen LogP contribution in [-0.2, 0) is 36.8 Å². The number of carbonyl (C=O) groups excluding carboxylic acids is 2. The molecule has 0 saturated heterocycles. The van der Waals surface area contributed by atoms with Crippen LogP contribution >= 0.6 is 0 Å². The van der Waals surface area contributed by atoms with E-state index in [9.17, 15) is 21.9 Å². The molecule has 107 valence electrons. The van der Waals surface area contributed by atoms with Crippen LogP contribution in [0.25, 0.3) is 0 Å². The molecule has 0 atom stereocenters. The van der Waals surface area contributed by atoms with E-state index in [4.69, 9.17) is 0 Å². The number of esters is 1. The summed E-state index contributed by atoms with van der Waals surface area (Å²) in [5.41, 5.74) is -0.0539. The van der Waals surface area contributed by atoms with Crippen LogP contribution in [0.2, 0.25) is 0 Å². The van der Waals surface area contributed by atoms with Gasteiger partial charge in [0.15, 0.2) is 5.78 Å². The van der Waals surface area contributed by atoms with E-state index < -0.39 is 33.3 Å². The monoisotopic (exact) mass is 337 g/mol. The molecule has 0 saturated carbocycles. The predicted molar refractivity (Wildman–Crippen MR) is 60.3 cm³/mol. The second kappa shape index (κ2) is 7.37. The third kappa shape index (κ3) is 5.50. The zero-order valence-electron chi connectivity index (χ0n) is 9.85. The van der Waals surface area contributed by atoms with Gasteiger partial charge < -0.3 is 4.74 Å². The summed E-state index contributed by atoms with van der Waals surface area (Å²) in [7, 11) is -4.87. The van der Waals surface area contributed by atoms with E-state index in [0.29, 0.717) is 0 Å². The molecule has 0 aromatic heterocycles. The molecule has 1 aromatic carbocycles. The fraction of sp³-hybridized carbons (Fsp3) is 0.273. The molecule has 0 aliphatic rings. The first-order valence-electron chi connectivity index (χ1n) is 5.08. The standard InChI is InChI=1S/C11H11FO5S.Cu/c1-2-17-11(14)7-10(13)8-4-3-5-9(6-8)18(12,15)16;/h3-6H,2,7H2,1H3;/q;+2. The smallest absolute Gasteiger partial charge is 0.466 e. The quantitative estimate of drug-likeness (QED) is 0.267. The molecule has 0 aliphatic heterocycles. The topological polar surface area (TPSA) is 77.5 Å². The number of rotatable bonds is 5. The molecule has 1 aromatic rings. The third-order valence-electron chi connectivity index (χ3n) is 2.05. The Bertz CT molecular complexity index is 570. The minimum absolute atomic E-state index is 0. The zero-order chi connectivity index (χ0) is 13.8. The number of Topliss-reactive ketones (excluding diaryl/α,β-unsaturated/α-hetero) is 1. The third-order valence-corrected chi connectivity index (χ3v) is 2.86. The van der Waals surface area contributed by atoms with Gasteiger partial charge in [-0.15, -0.1) is 3.89 Å². The van der Waals surface area contributed by atoms with Gasteiger partial charge >= 0.3 is 33.3 Å². The van der Waals surface area contributed by atoms with Gasteiger partial charge in [0.05, 0.1) is 11.5 Å². The molecule has 1 rings (SSSR count). The number of carbonyl (C=O) groups is 2. The predicted octanol–water partition coefficient (Wildman–Crippen LogP) is 1.48. The Kier molecular flexibility index (Phi) is 6.89. The van der Waals surface area contributed by atoms with Crippen molar-refractivity contribution >= 4 is 22.0 Å². The second-order valence-electron chi connectivity index (χ2n) is 3.37. The first-order valence-corrected chi connectivity index (χ1v) is 6.46. The van der Waals surface area contributed by atoms with E-state index in [2.05, 4.69) is 4.74 Å². The number of halogens is 1. The molecule has 0 spiro atoms. The minimum Gasteiger partial charge on any atom is -0.466 e. The molecule has 0 heterocycles. The molecule has 0 unspecified atom stereocenters. The summed E-state index contributed by atoms with van der Waals surface area (Å²) in [4.78, 5) is 22.1. The molecule has 0 bridgehead atoms. The molecule has 0 N–H and O–H groups in total. The number of ketones is 1. The van der Waals surface area contributed by atoms with Crippen molar-refractivity contribution in [1.29, 1.82) is 0 Å². The zero-order valence-corrected chi connectivity index (χ0v) is 11.6. The van der Waals surface area contributed by atoms with E-state index in [1.54, 1.807) is 6.92 Å². The second-order valence-corrected chi connectivity index (χ2v) is 4.72. The van der Waals surface area contributed by atoms with Gasteiger partial charge in [0.2, 0.25) is 0 Å². The number of hydrogen-bond donors (Lipinski definition) is 0. The SMILES string of the molecule is CCOC(=O)CC(=O)c1cccc(S(=O)(=O)F)c1.[Cu+2]. The van der Waals surface area contributed by atoms with E-state index in [1.165, 1.54) is 12.1 Å². The molecule has 19 heavy (non-hydrogen) atoms. The maximum atomic E-state index is 12.7. The fourth-order valence-corrected chi connectivity index (χ4v) is 1.78. The number of ether oxygens (including phenoxy) is 1. The average molecular weight is 338 g/mol. The van der Waals surface area contributed by atoms with Crippen molar-refractivity contribution in [3.8, 4) is 0 Å². The van der Waals surface area contributed by atoms with Crippen molar-refractivity contribution in [2.75, 3.05) is 6.61 Å². The maximum absolute atomic E-state index is 12.7. The molecular weight excluding hydrogens is 327 g/mol. The molecule has 0 amide bonds. The molecular formula is C11H11CuFO5S+2. The molecule has 1 radical (unpaired) electrons. The van der Waals surface area contributed by atoms with Crippen LogP contribution in [0.5, 0.6) is 0 Å². The maximum Gasteiger partial charge on any atom is 2.00 e. The average Bonchev–Trinajstić information content (AvgIpc) is 2.28. The number of hydrogen-bond acceptors (Lipinski definition) is 5. The van der Waals surface area contributed by atoms with Crippen molar-refractivity contribution < 1.29 is 43.7 Å². The van der Waals surface area contributed by atoms with Crippen LogP contribution in [0, 0.1) is 0 Å². The Morgan fingerprint density at radius 1 is 1.32 bits per heavy atom. The summed E-state index contributed by atoms with van der Waals surface area (Å²) in [6.07, 6.45) is -0.510. The fourth-order valence-electron chi connectivity index (χ4n) is 1.27. The first-order chi connectivity index (χ1) is 8.34. The van der Waals surface area contributed by atoms with E-state index >= 15 is 0 Å². The van der Waals surface area contributed by atoms with Gasteiger partial charge in [-0.05, 0) is 19.1 Å². The van der Waals surface area contributed by atoms with Crippen molar-refractivity contribution in [3.63, 3.8) is 0 Å². The first kappa shape index (κ1) is 17.8. The van der Waals surface area contributed by atoms with E-state index in [-0.39, 0.29) is 29.2 Å². The Balaban J connectivity index is 0.00000324. The number of benzene rings is 1. The molecule has 0 fully saturated rings. The summed E-state index contributed by atoms with van der Waals surface area (Å²) < 4.78 is 38.6. The summed E-state index contributed by atoms with van der Waals surface area (Å²) in [6, 6.07) is 4.44. The Morgan fingerprint density at radius 3 is 2.47 bits per heavy atom. The van der Waals surface area contributed by atoms with Gasteiger partial charge in [-0.1, -0.05) is 12.1 Å². The van der Waals surface area contributed by atoms with Gasteiger partial charge in [-0.25, -0.2) is 0 Å². The van der Waals surface area contributed by atoms with Gasteiger partial charge in [0, 0.05) is 5.56 Å². The Morgan fingerprint density at radius 2 is 1.95 bits per heavy atom. The molecule has 0 aliphatic carbocycles. The molecule has 8 heteroatoms. The summed E-state index contributed by atoms with van der Waals surface area (Å²) in [5.74, 6) is -1.34. The van der Waals surface area contributed by atoms with Crippen LogP contribution in [0.15, 0.2) is 29.2 Å². The van der Waals surface area contributed by atoms with Crippen LogP contribution in [-0.4, -0.2) is 26.8 Å². The van der Waals surface area contributed by atoms with Crippen LogP contribution in [0.1, 0.15) is 23.7 Å². The van der Waals surface area contributed by atoms with Crippen LogP contribution < -0.4 is 0 Å². The van der Waals surface area contributed by atoms with E-state index in [0.717, 1.165) is 12.1 Å². The van der Waals surface area contributed by atoms with Gasteiger partial charge in [0.25, 0.3) is 0 Å². The summed E-state index contributed by atoms with van der Waals surface area (Å²) in [5, 5.41) is 0. The largest absolute Gasteiger partial charge is 2.00 e. The normalized spacial score (nSPS) is 10.4. The van der Waals surface area contributed by atoms with Gasteiger partial charge in [-0.3, -0.25) is 9.59 Å². The van der Waals surface area contributed by atoms with Gasteiger partial charge in [0.1, 0.15) is 6.42 Å². The Hall–Kier alpha value is -1.24. The van der Waals surface area contributed by atoms with Crippen molar-refractivity contribution in [2.45, 2.75) is 18.2 Å². The Labute approximate surface area is 120 Å². The van der Waals surface area contributed by atoms with Crippen molar-refractivity contribution in [2.24, 2.45) is 0 Å². The van der Waals surface area contributed by atoms with Crippen LogP contribution in [0.4, 0.5) is 3.89 Å².